The van der Waals surface area contributed by atoms with E-state index in [9.17, 15) is 19.8 Å². The van der Waals surface area contributed by atoms with E-state index in [-0.39, 0.29) is 6.10 Å². The molecule has 0 aromatic carbocycles. The lowest BCUT2D eigenvalue weighted by Crippen LogP contribution is -2.47. The van der Waals surface area contributed by atoms with Crippen molar-refractivity contribution in [2.75, 3.05) is 0 Å². The summed E-state index contributed by atoms with van der Waals surface area (Å²) in [7, 11) is 0. The number of ether oxygens (including phenoxy) is 1. The first-order valence-corrected chi connectivity index (χ1v) is 13.5. The fraction of sp³-hybridized carbons (Fsp3) is 0.857. The van der Waals surface area contributed by atoms with Crippen LogP contribution in [-0.4, -0.2) is 34.4 Å². The van der Waals surface area contributed by atoms with E-state index in [1.54, 1.807) is 6.08 Å². The maximum atomic E-state index is 12.5. The molecule has 4 atom stereocenters. The molecule has 1 saturated heterocycles. The second-order valence-electron chi connectivity index (χ2n) is 11.3. The molecule has 1 aliphatic carbocycles. The second-order valence-corrected chi connectivity index (χ2v) is 11.3. The fourth-order valence-electron chi connectivity index (χ4n) is 5.49. The Bertz CT molecular complexity index is 653. The van der Waals surface area contributed by atoms with Crippen LogP contribution < -0.4 is 0 Å². The Balaban J connectivity index is 1.92. The first kappa shape index (κ1) is 27.9. The lowest BCUT2D eigenvalue weighted by molar-refractivity contribution is -0.161. The summed E-state index contributed by atoms with van der Waals surface area (Å²) in [5.41, 5.74) is -0.312. The number of fused-ring (bicyclic) bond motifs is 1. The molecule has 1 heterocycles. The van der Waals surface area contributed by atoms with Crippen molar-refractivity contribution in [3.05, 3.63) is 11.6 Å². The minimum absolute atomic E-state index is 0.185. The quantitative estimate of drug-likeness (QED) is 0.127. The van der Waals surface area contributed by atoms with Gasteiger partial charge in [-0.2, -0.15) is 0 Å². The highest BCUT2D eigenvalue weighted by molar-refractivity contribution is 5.87. The molecule has 33 heavy (non-hydrogen) atoms. The molecule has 1 fully saturated rings. The van der Waals surface area contributed by atoms with Gasteiger partial charge in [-0.1, -0.05) is 104 Å². The van der Waals surface area contributed by atoms with Gasteiger partial charge in [0, 0.05) is 0 Å². The Labute approximate surface area is 201 Å². The van der Waals surface area contributed by atoms with Crippen LogP contribution in [0.5, 0.6) is 0 Å². The number of hydrogen-bond acceptors (Lipinski definition) is 3. The van der Waals surface area contributed by atoms with E-state index in [0.717, 1.165) is 56.4 Å². The molecule has 5 nitrogen and oxygen atoms in total. The van der Waals surface area contributed by atoms with Crippen molar-refractivity contribution in [1.82, 2.24) is 0 Å². The van der Waals surface area contributed by atoms with E-state index in [0.29, 0.717) is 12.3 Å². The molecule has 4 unspecified atom stereocenters. The number of rotatable bonds is 18. The summed E-state index contributed by atoms with van der Waals surface area (Å²) < 4.78 is 5.76. The second kappa shape index (κ2) is 13.5. The predicted molar refractivity (Wildman–Crippen MR) is 132 cm³/mol. The largest absolute Gasteiger partial charge is 0.481 e. The third-order valence-electron chi connectivity index (χ3n) is 7.50. The zero-order valence-corrected chi connectivity index (χ0v) is 21.5. The van der Waals surface area contributed by atoms with Gasteiger partial charge in [0.05, 0.1) is 0 Å². The molecule has 2 rings (SSSR count). The first-order chi connectivity index (χ1) is 15.7. The van der Waals surface area contributed by atoms with E-state index in [2.05, 4.69) is 27.7 Å². The minimum Gasteiger partial charge on any atom is -0.481 e. The summed E-state index contributed by atoms with van der Waals surface area (Å²) in [6, 6.07) is 0. The van der Waals surface area contributed by atoms with Gasteiger partial charge >= 0.3 is 11.9 Å². The standard InChI is InChI=1S/C28H48O5/c1-20(2)15-11-7-5-9-13-17-22-19-28(27(31)32,23(26(29)30)25-24(22)33-25)18-14-10-6-8-12-16-21(3)4/h19-21,23-25H,5-18H2,1-4H3,(H,29,30)(H,31,32). The van der Waals surface area contributed by atoms with Gasteiger partial charge in [0.1, 0.15) is 23.5 Å². The Morgan fingerprint density at radius 1 is 0.848 bits per heavy atom. The van der Waals surface area contributed by atoms with Gasteiger partial charge < -0.3 is 14.9 Å². The van der Waals surface area contributed by atoms with Crippen molar-refractivity contribution in [3.63, 3.8) is 0 Å². The lowest BCUT2D eigenvalue weighted by atomic mass is 9.65. The third-order valence-corrected chi connectivity index (χ3v) is 7.50. The van der Waals surface area contributed by atoms with Crippen LogP contribution in [0, 0.1) is 23.2 Å². The third kappa shape index (κ3) is 8.42. The lowest BCUT2D eigenvalue weighted by Gasteiger charge is -2.35. The molecule has 5 heteroatoms. The topological polar surface area (TPSA) is 87.1 Å². The van der Waals surface area contributed by atoms with Gasteiger partial charge in [-0.15, -0.1) is 0 Å². The maximum Gasteiger partial charge on any atom is 0.314 e. The van der Waals surface area contributed by atoms with Gasteiger partial charge in [-0.25, -0.2) is 0 Å². The van der Waals surface area contributed by atoms with E-state index in [1.165, 1.54) is 38.5 Å². The van der Waals surface area contributed by atoms with Gasteiger partial charge in [0.2, 0.25) is 0 Å². The molecule has 0 amide bonds. The predicted octanol–water partition coefficient (Wildman–Crippen LogP) is 7.24. The Morgan fingerprint density at radius 3 is 1.88 bits per heavy atom. The highest BCUT2D eigenvalue weighted by Gasteiger charge is 2.63. The van der Waals surface area contributed by atoms with Crippen molar-refractivity contribution in [2.24, 2.45) is 23.2 Å². The first-order valence-electron chi connectivity index (χ1n) is 13.5. The molecule has 0 aromatic heterocycles. The average Bonchev–Trinajstić information content (AvgIpc) is 3.51. The summed E-state index contributed by atoms with van der Waals surface area (Å²) in [4.78, 5) is 24.6. The van der Waals surface area contributed by atoms with Crippen molar-refractivity contribution in [3.8, 4) is 0 Å². The molecule has 0 saturated carbocycles. The molecule has 2 aliphatic rings. The van der Waals surface area contributed by atoms with E-state index >= 15 is 0 Å². The molecule has 0 aromatic rings. The SMILES string of the molecule is CC(C)CCCCCCCC1=CC(CCCCCCCC(C)C)(C(=O)O)C(C(=O)O)C2OC12. The van der Waals surface area contributed by atoms with Crippen LogP contribution in [0.1, 0.15) is 118 Å². The van der Waals surface area contributed by atoms with Crippen LogP contribution >= 0.6 is 0 Å². The van der Waals surface area contributed by atoms with E-state index in [1.807, 2.05) is 0 Å². The molecule has 0 spiro atoms. The van der Waals surface area contributed by atoms with Crippen LogP contribution in [0.3, 0.4) is 0 Å². The van der Waals surface area contributed by atoms with Crippen LogP contribution in [0.25, 0.3) is 0 Å². The van der Waals surface area contributed by atoms with Gasteiger partial charge in [0.25, 0.3) is 0 Å². The summed E-state index contributed by atoms with van der Waals surface area (Å²) >= 11 is 0. The number of epoxide rings is 1. The highest BCUT2D eigenvalue weighted by Crippen LogP contribution is 2.53. The number of carboxylic acid groups (broad SMARTS) is 2. The molecule has 190 valence electrons. The number of carboxylic acids is 2. The number of aliphatic carboxylic acids is 2. The number of carbonyl (C=O) groups is 2. The molecule has 1 aliphatic heterocycles. The van der Waals surface area contributed by atoms with Crippen molar-refractivity contribution >= 4 is 11.9 Å². The summed E-state index contributed by atoms with van der Waals surface area (Å²) in [6.45, 7) is 8.98. The smallest absolute Gasteiger partial charge is 0.314 e. The van der Waals surface area contributed by atoms with Gasteiger partial charge in [-0.05, 0) is 36.7 Å². The fourth-order valence-corrected chi connectivity index (χ4v) is 5.49. The zero-order chi connectivity index (χ0) is 24.4. The molecular formula is C28H48O5. The molecular weight excluding hydrogens is 416 g/mol. The van der Waals surface area contributed by atoms with Gasteiger partial charge in [0.15, 0.2) is 0 Å². The molecule has 2 N–H and O–H groups in total. The minimum atomic E-state index is -1.34. The molecule has 0 bridgehead atoms. The number of hydrogen-bond donors (Lipinski definition) is 2. The normalized spacial score (nSPS) is 26.4. The van der Waals surface area contributed by atoms with E-state index < -0.39 is 29.4 Å². The highest BCUT2D eigenvalue weighted by atomic mass is 16.6. The van der Waals surface area contributed by atoms with Crippen molar-refractivity contribution < 1.29 is 24.5 Å². The van der Waals surface area contributed by atoms with Gasteiger partial charge in [-0.3, -0.25) is 9.59 Å². The Morgan fingerprint density at radius 2 is 1.36 bits per heavy atom. The maximum absolute atomic E-state index is 12.5. The summed E-state index contributed by atoms with van der Waals surface area (Å²) in [5.74, 6) is -1.56. The molecule has 0 radical (unpaired) electrons. The van der Waals surface area contributed by atoms with Crippen LogP contribution in [-0.2, 0) is 14.3 Å². The summed E-state index contributed by atoms with van der Waals surface area (Å²) in [6.07, 6.45) is 15.9. The van der Waals surface area contributed by atoms with Crippen LogP contribution in [0.2, 0.25) is 0 Å². The van der Waals surface area contributed by atoms with Crippen molar-refractivity contribution in [2.45, 2.75) is 130 Å². The zero-order valence-electron chi connectivity index (χ0n) is 21.5. The van der Waals surface area contributed by atoms with E-state index in [4.69, 9.17) is 4.74 Å². The Kier molecular flexibility index (Phi) is 11.4. The monoisotopic (exact) mass is 464 g/mol. The summed E-state index contributed by atoms with van der Waals surface area (Å²) in [5, 5.41) is 20.1. The van der Waals surface area contributed by atoms with Crippen molar-refractivity contribution in [1.29, 1.82) is 0 Å². The van der Waals surface area contributed by atoms with Crippen LogP contribution in [0.4, 0.5) is 0 Å². The Hall–Kier alpha value is -1.36. The van der Waals surface area contributed by atoms with Crippen LogP contribution in [0.15, 0.2) is 11.6 Å². The average molecular weight is 465 g/mol. The number of unbranched alkanes of at least 4 members (excludes halogenated alkanes) is 8.